The van der Waals surface area contributed by atoms with E-state index in [1.165, 1.54) is 0 Å². The number of hydrogen-bond donors (Lipinski definition) is 1. The normalized spacial score (nSPS) is 22.5. The Morgan fingerprint density at radius 2 is 2.26 bits per heavy atom. The molecule has 0 aromatic carbocycles. The van der Waals surface area contributed by atoms with Gasteiger partial charge in [0.15, 0.2) is 0 Å². The molecular weight excluding hydrogens is 260 g/mol. The van der Waals surface area contributed by atoms with Crippen LogP contribution in [0.2, 0.25) is 0 Å². The van der Waals surface area contributed by atoms with E-state index in [2.05, 4.69) is 24.2 Å². The second kappa shape index (κ2) is 6.46. The van der Waals surface area contributed by atoms with Crippen molar-refractivity contribution in [1.29, 1.82) is 0 Å². The molecule has 1 heterocycles. The molecule has 1 aromatic rings. The highest BCUT2D eigenvalue weighted by Crippen LogP contribution is 2.33. The molecule has 106 valence electrons. The molecule has 2 rings (SSSR count). The molecule has 4 nitrogen and oxygen atoms in total. The number of nitrogens with zero attached hydrogens (tertiary/aromatic N) is 2. The first kappa shape index (κ1) is 14.4. The Kier molecular flexibility index (Phi) is 4.91. The van der Waals surface area contributed by atoms with E-state index >= 15 is 0 Å². The van der Waals surface area contributed by atoms with Crippen molar-refractivity contribution in [2.24, 2.45) is 11.1 Å². The molecule has 0 unspecified atom stereocenters. The van der Waals surface area contributed by atoms with Crippen molar-refractivity contribution in [3.05, 3.63) is 17.0 Å². The number of hydrogen-bond acceptors (Lipinski definition) is 5. The molecule has 1 aliphatic rings. The molecule has 0 amide bonds. The van der Waals surface area contributed by atoms with Crippen molar-refractivity contribution in [2.45, 2.75) is 51.7 Å². The summed E-state index contributed by atoms with van der Waals surface area (Å²) in [6.45, 7) is 6.49. The fourth-order valence-corrected chi connectivity index (χ4v) is 3.84. The summed E-state index contributed by atoms with van der Waals surface area (Å²) < 4.78 is 5.43. The van der Waals surface area contributed by atoms with Gasteiger partial charge < -0.3 is 9.73 Å². The highest BCUT2D eigenvalue weighted by atomic mass is 32.2. The van der Waals surface area contributed by atoms with Crippen LogP contribution in [-0.4, -0.2) is 27.1 Å². The number of fused-ring (bicyclic) bond motifs is 1. The second-order valence-corrected chi connectivity index (χ2v) is 6.82. The van der Waals surface area contributed by atoms with Crippen LogP contribution < -0.4 is 0 Å². The minimum absolute atomic E-state index is 0.491. The molecule has 0 spiro atoms. The van der Waals surface area contributed by atoms with Gasteiger partial charge in [-0.3, -0.25) is 0 Å². The van der Waals surface area contributed by atoms with Crippen molar-refractivity contribution < 1.29 is 9.73 Å². The van der Waals surface area contributed by atoms with Gasteiger partial charge in [-0.2, -0.15) is 11.8 Å². The summed E-state index contributed by atoms with van der Waals surface area (Å²) in [5.41, 5.74) is 2.62. The highest BCUT2D eigenvalue weighted by Gasteiger charge is 2.31. The van der Waals surface area contributed by atoms with E-state index < -0.39 is 0 Å². The van der Waals surface area contributed by atoms with Gasteiger partial charge in [-0.25, -0.2) is 0 Å². The Morgan fingerprint density at radius 1 is 1.47 bits per heavy atom. The summed E-state index contributed by atoms with van der Waals surface area (Å²) in [7, 11) is 0. The molecule has 0 saturated heterocycles. The standard InChI is InChI=1S/C14H22N2O2S/c1-4-11-14-12(15-17)7-10(6-9(3)19-5-2)8-13(14)18-16-11/h9-10,17H,4-8H2,1-3H3/b15-12+/t9-,10-/m1/s1. The lowest BCUT2D eigenvalue weighted by Gasteiger charge is -2.24. The number of rotatable bonds is 5. The summed E-state index contributed by atoms with van der Waals surface area (Å²) in [6, 6.07) is 0. The zero-order valence-corrected chi connectivity index (χ0v) is 12.7. The van der Waals surface area contributed by atoms with Gasteiger partial charge in [0.2, 0.25) is 0 Å². The molecule has 1 N–H and O–H groups in total. The maximum absolute atomic E-state index is 9.24. The first-order valence-corrected chi connectivity index (χ1v) is 8.04. The third kappa shape index (κ3) is 3.14. The van der Waals surface area contributed by atoms with Gasteiger partial charge in [0.25, 0.3) is 0 Å². The number of oxime groups is 1. The van der Waals surface area contributed by atoms with E-state index in [1.54, 1.807) is 0 Å². The molecule has 19 heavy (non-hydrogen) atoms. The number of aromatic nitrogens is 1. The van der Waals surface area contributed by atoms with Crippen LogP contribution in [0.3, 0.4) is 0 Å². The fraction of sp³-hybridized carbons (Fsp3) is 0.714. The van der Waals surface area contributed by atoms with Gasteiger partial charge >= 0.3 is 0 Å². The smallest absolute Gasteiger partial charge is 0.146 e. The lowest BCUT2D eigenvalue weighted by atomic mass is 9.83. The van der Waals surface area contributed by atoms with Crippen LogP contribution in [0.1, 0.15) is 50.6 Å². The van der Waals surface area contributed by atoms with Gasteiger partial charge in [-0.05, 0) is 30.9 Å². The van der Waals surface area contributed by atoms with Gasteiger partial charge in [-0.1, -0.05) is 31.1 Å². The Balaban J connectivity index is 2.14. The van der Waals surface area contributed by atoms with Crippen LogP contribution in [0.5, 0.6) is 0 Å². The average molecular weight is 282 g/mol. The summed E-state index contributed by atoms with van der Waals surface area (Å²) in [5, 5.41) is 17.4. The van der Waals surface area contributed by atoms with Crippen molar-refractivity contribution >= 4 is 17.5 Å². The van der Waals surface area contributed by atoms with E-state index in [4.69, 9.17) is 4.52 Å². The van der Waals surface area contributed by atoms with E-state index in [1.807, 2.05) is 18.7 Å². The zero-order valence-electron chi connectivity index (χ0n) is 11.8. The van der Waals surface area contributed by atoms with Crippen LogP contribution in [0.25, 0.3) is 0 Å². The third-order valence-corrected chi connectivity index (χ3v) is 4.74. The predicted molar refractivity (Wildman–Crippen MR) is 78.2 cm³/mol. The average Bonchev–Trinajstić information content (AvgIpc) is 2.81. The van der Waals surface area contributed by atoms with Crippen LogP contribution in [0.15, 0.2) is 9.68 Å². The molecule has 2 atom stereocenters. The Morgan fingerprint density at radius 3 is 2.89 bits per heavy atom. The molecule has 0 aliphatic heterocycles. The van der Waals surface area contributed by atoms with E-state index in [0.717, 1.165) is 54.2 Å². The fourth-order valence-electron chi connectivity index (χ4n) is 2.86. The summed E-state index contributed by atoms with van der Waals surface area (Å²) >= 11 is 1.98. The molecular formula is C14H22N2O2S. The third-order valence-electron chi connectivity index (χ3n) is 3.65. The van der Waals surface area contributed by atoms with Crippen molar-refractivity contribution in [3.63, 3.8) is 0 Å². The van der Waals surface area contributed by atoms with Gasteiger partial charge in [0.1, 0.15) is 5.76 Å². The lowest BCUT2D eigenvalue weighted by Crippen LogP contribution is -2.23. The van der Waals surface area contributed by atoms with Crippen LogP contribution in [0.4, 0.5) is 0 Å². The largest absolute Gasteiger partial charge is 0.411 e. The van der Waals surface area contributed by atoms with E-state index in [0.29, 0.717) is 11.2 Å². The topological polar surface area (TPSA) is 58.6 Å². The maximum Gasteiger partial charge on any atom is 0.146 e. The van der Waals surface area contributed by atoms with Crippen molar-refractivity contribution in [3.8, 4) is 0 Å². The number of thioether (sulfide) groups is 1. The minimum Gasteiger partial charge on any atom is -0.411 e. The Bertz CT molecular complexity index is 456. The molecule has 1 aliphatic carbocycles. The maximum atomic E-state index is 9.24. The molecule has 0 fully saturated rings. The summed E-state index contributed by atoms with van der Waals surface area (Å²) in [4.78, 5) is 0. The first-order valence-electron chi connectivity index (χ1n) is 6.99. The first-order chi connectivity index (χ1) is 9.19. The van der Waals surface area contributed by atoms with Gasteiger partial charge in [-0.15, -0.1) is 0 Å². The molecule has 0 radical (unpaired) electrons. The van der Waals surface area contributed by atoms with Gasteiger partial charge in [0.05, 0.1) is 17.0 Å². The second-order valence-electron chi connectivity index (χ2n) is 5.10. The summed E-state index contributed by atoms with van der Waals surface area (Å²) in [6.07, 6.45) is 3.67. The molecule has 0 saturated carbocycles. The van der Waals surface area contributed by atoms with Crippen molar-refractivity contribution in [2.75, 3.05) is 5.75 Å². The lowest BCUT2D eigenvalue weighted by molar-refractivity contribution is 0.310. The van der Waals surface area contributed by atoms with Gasteiger partial charge in [0, 0.05) is 11.7 Å². The van der Waals surface area contributed by atoms with E-state index in [-0.39, 0.29) is 0 Å². The summed E-state index contributed by atoms with van der Waals surface area (Å²) in [5.74, 6) is 2.53. The minimum atomic E-state index is 0.491. The zero-order chi connectivity index (χ0) is 13.8. The quantitative estimate of drug-likeness (QED) is 0.663. The molecule has 0 bridgehead atoms. The predicted octanol–water partition coefficient (Wildman–Crippen LogP) is 3.51. The van der Waals surface area contributed by atoms with Crippen LogP contribution in [-0.2, 0) is 12.8 Å². The Hall–Kier alpha value is -0.970. The molecule has 1 aromatic heterocycles. The number of aryl methyl sites for hydroxylation is 1. The highest BCUT2D eigenvalue weighted by molar-refractivity contribution is 7.99. The molecule has 5 heteroatoms. The van der Waals surface area contributed by atoms with Crippen LogP contribution >= 0.6 is 11.8 Å². The Labute approximate surface area is 118 Å². The van der Waals surface area contributed by atoms with E-state index in [9.17, 15) is 5.21 Å². The van der Waals surface area contributed by atoms with Crippen LogP contribution in [0, 0.1) is 5.92 Å². The monoisotopic (exact) mass is 282 g/mol. The SMILES string of the molecule is CCS[C@H](C)C[C@@H]1C/C(=N\O)c2c(CC)noc2C1. The van der Waals surface area contributed by atoms with Crippen molar-refractivity contribution in [1.82, 2.24) is 5.16 Å².